The molecule has 90 valence electrons. The molecule has 0 saturated carbocycles. The Morgan fingerprint density at radius 1 is 1.27 bits per heavy atom. The smallest absolute Gasteiger partial charge is 0.221 e. The highest BCUT2D eigenvalue weighted by Gasteiger charge is 2.13. The standard InChI is InChI=1S/C12H26N2O/c1-5-10(6-2)8-14-12(15)7-11(13)9(3)4/h9-11H,5-8,13H2,1-4H3,(H,14,15). The van der Waals surface area contributed by atoms with Crippen molar-refractivity contribution in [2.45, 2.75) is 53.0 Å². The lowest BCUT2D eigenvalue weighted by atomic mass is 10.0. The van der Waals surface area contributed by atoms with E-state index in [9.17, 15) is 4.79 Å². The zero-order valence-electron chi connectivity index (χ0n) is 10.5. The molecule has 0 aliphatic rings. The molecule has 0 aromatic heterocycles. The minimum atomic E-state index is -0.0216. The maximum atomic E-state index is 11.5. The predicted molar refractivity (Wildman–Crippen MR) is 64.5 cm³/mol. The first-order chi connectivity index (χ1) is 7.01. The molecule has 1 amide bonds. The van der Waals surface area contributed by atoms with E-state index in [1.807, 2.05) is 13.8 Å². The van der Waals surface area contributed by atoms with Crippen molar-refractivity contribution in [3.63, 3.8) is 0 Å². The van der Waals surface area contributed by atoms with E-state index < -0.39 is 0 Å². The third-order valence-electron chi connectivity index (χ3n) is 3.02. The highest BCUT2D eigenvalue weighted by molar-refractivity contribution is 5.76. The van der Waals surface area contributed by atoms with Gasteiger partial charge in [-0.05, 0) is 11.8 Å². The van der Waals surface area contributed by atoms with Crippen LogP contribution >= 0.6 is 0 Å². The fourth-order valence-electron chi connectivity index (χ4n) is 1.36. The van der Waals surface area contributed by atoms with E-state index >= 15 is 0 Å². The molecule has 15 heavy (non-hydrogen) atoms. The van der Waals surface area contributed by atoms with Crippen LogP contribution in [0.2, 0.25) is 0 Å². The number of hydrogen-bond donors (Lipinski definition) is 2. The van der Waals surface area contributed by atoms with Gasteiger partial charge in [-0.25, -0.2) is 0 Å². The van der Waals surface area contributed by atoms with Crippen LogP contribution in [0.1, 0.15) is 47.0 Å². The molecule has 0 fully saturated rings. The molecule has 0 radical (unpaired) electrons. The Kier molecular flexibility index (Phi) is 7.39. The quantitative estimate of drug-likeness (QED) is 0.680. The van der Waals surface area contributed by atoms with Crippen LogP contribution in [-0.2, 0) is 4.79 Å². The van der Waals surface area contributed by atoms with Crippen LogP contribution in [0.15, 0.2) is 0 Å². The van der Waals surface area contributed by atoms with Crippen LogP contribution in [-0.4, -0.2) is 18.5 Å². The zero-order chi connectivity index (χ0) is 11.8. The minimum absolute atomic E-state index is 0.0216. The van der Waals surface area contributed by atoms with E-state index in [2.05, 4.69) is 19.2 Å². The molecule has 1 atom stereocenters. The number of amides is 1. The molecule has 0 aliphatic carbocycles. The molecule has 0 bridgehead atoms. The van der Waals surface area contributed by atoms with Crippen molar-refractivity contribution in [3.05, 3.63) is 0 Å². The Morgan fingerprint density at radius 3 is 2.20 bits per heavy atom. The van der Waals surface area contributed by atoms with Crippen molar-refractivity contribution in [1.29, 1.82) is 0 Å². The molecule has 0 aromatic carbocycles. The molecule has 0 aromatic rings. The fourth-order valence-corrected chi connectivity index (χ4v) is 1.36. The number of carbonyl (C=O) groups is 1. The van der Waals surface area contributed by atoms with Crippen LogP contribution in [0.4, 0.5) is 0 Å². The normalized spacial score (nSPS) is 13.3. The Morgan fingerprint density at radius 2 is 1.80 bits per heavy atom. The van der Waals surface area contributed by atoms with Gasteiger partial charge >= 0.3 is 0 Å². The van der Waals surface area contributed by atoms with Gasteiger partial charge < -0.3 is 11.1 Å². The Balaban J connectivity index is 3.74. The van der Waals surface area contributed by atoms with Gasteiger partial charge in [0.2, 0.25) is 5.91 Å². The Hall–Kier alpha value is -0.570. The van der Waals surface area contributed by atoms with Crippen LogP contribution in [0.3, 0.4) is 0 Å². The van der Waals surface area contributed by atoms with Gasteiger partial charge in [0.25, 0.3) is 0 Å². The summed E-state index contributed by atoms with van der Waals surface area (Å²) in [5.41, 5.74) is 5.83. The number of rotatable bonds is 7. The molecule has 0 saturated heterocycles. The summed E-state index contributed by atoms with van der Waals surface area (Å²) in [6.45, 7) is 9.18. The second kappa shape index (κ2) is 7.69. The molecular formula is C12H26N2O. The van der Waals surface area contributed by atoms with E-state index in [0.29, 0.717) is 18.3 Å². The number of nitrogens with one attached hydrogen (secondary N) is 1. The third kappa shape index (κ3) is 6.50. The summed E-state index contributed by atoms with van der Waals surface area (Å²) in [7, 11) is 0. The summed E-state index contributed by atoms with van der Waals surface area (Å²) in [6, 6.07) is -0.0216. The Bertz CT molecular complexity index is 176. The zero-order valence-corrected chi connectivity index (χ0v) is 10.5. The highest BCUT2D eigenvalue weighted by atomic mass is 16.1. The van der Waals surface area contributed by atoms with Gasteiger partial charge in [-0.15, -0.1) is 0 Å². The van der Waals surface area contributed by atoms with E-state index in [1.165, 1.54) is 0 Å². The van der Waals surface area contributed by atoms with E-state index in [-0.39, 0.29) is 11.9 Å². The van der Waals surface area contributed by atoms with Gasteiger partial charge in [0, 0.05) is 19.0 Å². The molecule has 0 rings (SSSR count). The largest absolute Gasteiger partial charge is 0.356 e. The molecule has 0 spiro atoms. The van der Waals surface area contributed by atoms with Crippen LogP contribution in [0, 0.1) is 11.8 Å². The predicted octanol–water partition coefficient (Wildman–Crippen LogP) is 1.91. The lowest BCUT2D eigenvalue weighted by Gasteiger charge is -2.17. The first-order valence-electron chi connectivity index (χ1n) is 6.03. The SMILES string of the molecule is CCC(CC)CNC(=O)CC(N)C(C)C. The fraction of sp³-hybridized carbons (Fsp3) is 0.917. The van der Waals surface area contributed by atoms with Crippen molar-refractivity contribution in [2.75, 3.05) is 6.54 Å². The van der Waals surface area contributed by atoms with Crippen LogP contribution in [0.5, 0.6) is 0 Å². The second-order valence-electron chi connectivity index (χ2n) is 4.60. The lowest BCUT2D eigenvalue weighted by Crippen LogP contribution is -2.36. The third-order valence-corrected chi connectivity index (χ3v) is 3.02. The second-order valence-corrected chi connectivity index (χ2v) is 4.60. The average molecular weight is 214 g/mol. The monoisotopic (exact) mass is 214 g/mol. The summed E-state index contributed by atoms with van der Waals surface area (Å²) in [5, 5.41) is 2.95. The van der Waals surface area contributed by atoms with Crippen molar-refractivity contribution in [1.82, 2.24) is 5.32 Å². The number of hydrogen-bond acceptors (Lipinski definition) is 2. The first-order valence-corrected chi connectivity index (χ1v) is 6.03. The summed E-state index contributed by atoms with van der Waals surface area (Å²) in [4.78, 5) is 11.5. The van der Waals surface area contributed by atoms with Crippen molar-refractivity contribution < 1.29 is 4.79 Å². The van der Waals surface area contributed by atoms with E-state index in [1.54, 1.807) is 0 Å². The van der Waals surface area contributed by atoms with Gasteiger partial charge in [-0.3, -0.25) is 4.79 Å². The van der Waals surface area contributed by atoms with Gasteiger partial charge in [-0.2, -0.15) is 0 Å². The Labute approximate surface area is 93.8 Å². The number of nitrogens with two attached hydrogens (primary N) is 1. The molecule has 3 N–H and O–H groups in total. The van der Waals surface area contributed by atoms with Gasteiger partial charge in [0.1, 0.15) is 0 Å². The van der Waals surface area contributed by atoms with E-state index in [4.69, 9.17) is 5.73 Å². The maximum Gasteiger partial charge on any atom is 0.221 e. The lowest BCUT2D eigenvalue weighted by molar-refractivity contribution is -0.121. The summed E-state index contributed by atoms with van der Waals surface area (Å²) in [6.07, 6.45) is 2.68. The molecular weight excluding hydrogens is 188 g/mol. The van der Waals surface area contributed by atoms with Gasteiger partial charge in [-0.1, -0.05) is 40.5 Å². The van der Waals surface area contributed by atoms with Gasteiger partial charge in [0.15, 0.2) is 0 Å². The van der Waals surface area contributed by atoms with Gasteiger partial charge in [0.05, 0.1) is 0 Å². The van der Waals surface area contributed by atoms with Crippen LogP contribution < -0.4 is 11.1 Å². The van der Waals surface area contributed by atoms with E-state index in [0.717, 1.165) is 19.4 Å². The summed E-state index contributed by atoms with van der Waals surface area (Å²) in [5.74, 6) is 1.05. The molecule has 3 heteroatoms. The number of carbonyl (C=O) groups excluding carboxylic acids is 1. The minimum Gasteiger partial charge on any atom is -0.356 e. The molecule has 1 unspecified atom stereocenters. The maximum absolute atomic E-state index is 11.5. The van der Waals surface area contributed by atoms with Crippen molar-refractivity contribution in [3.8, 4) is 0 Å². The first kappa shape index (κ1) is 14.4. The molecule has 3 nitrogen and oxygen atoms in total. The van der Waals surface area contributed by atoms with Crippen molar-refractivity contribution >= 4 is 5.91 Å². The topological polar surface area (TPSA) is 55.1 Å². The van der Waals surface area contributed by atoms with Crippen molar-refractivity contribution in [2.24, 2.45) is 17.6 Å². The summed E-state index contributed by atoms with van der Waals surface area (Å²) >= 11 is 0. The average Bonchev–Trinajstić information content (AvgIpc) is 2.19. The summed E-state index contributed by atoms with van der Waals surface area (Å²) < 4.78 is 0. The molecule has 0 aliphatic heterocycles. The highest BCUT2D eigenvalue weighted by Crippen LogP contribution is 2.06. The van der Waals surface area contributed by atoms with Crippen LogP contribution in [0.25, 0.3) is 0 Å². The molecule has 0 heterocycles.